The normalized spacial score (nSPS) is 21.9. The number of fused-ring (bicyclic) bond motifs is 1. The highest BCUT2D eigenvalue weighted by Crippen LogP contribution is 2.31. The number of nitrogens with one attached hydrogen (secondary N) is 1. The average molecular weight is 262 g/mol. The summed E-state index contributed by atoms with van der Waals surface area (Å²) >= 11 is 1.97. The van der Waals surface area contributed by atoms with E-state index in [0.717, 1.165) is 11.4 Å². The number of anilines is 2. The van der Waals surface area contributed by atoms with E-state index in [9.17, 15) is 9.59 Å². The Bertz CT molecular complexity index is 524. The molecule has 0 aliphatic carbocycles. The molecule has 1 saturated heterocycles. The number of carbonyl (C=O) groups is 2. The summed E-state index contributed by atoms with van der Waals surface area (Å²) < 4.78 is 0. The first-order valence-corrected chi connectivity index (χ1v) is 7.12. The topological polar surface area (TPSA) is 49.4 Å². The van der Waals surface area contributed by atoms with Gasteiger partial charge in [-0.05, 0) is 30.4 Å². The van der Waals surface area contributed by atoms with Gasteiger partial charge >= 0.3 is 0 Å². The average Bonchev–Trinajstić information content (AvgIpc) is 2.98. The Morgan fingerprint density at radius 1 is 1.39 bits per heavy atom. The van der Waals surface area contributed by atoms with Crippen LogP contribution in [0.25, 0.3) is 0 Å². The predicted octanol–water partition coefficient (Wildman–Crippen LogP) is 1.76. The van der Waals surface area contributed by atoms with Crippen molar-refractivity contribution in [3.63, 3.8) is 0 Å². The lowest BCUT2D eigenvalue weighted by Gasteiger charge is -2.26. The molecule has 2 aliphatic rings. The molecule has 1 amide bonds. The molecule has 2 heterocycles. The number of nitrogens with zero attached hydrogens (tertiary/aromatic N) is 1. The second-order valence-electron chi connectivity index (χ2n) is 4.64. The number of thioether (sulfide) groups is 1. The highest BCUT2D eigenvalue weighted by atomic mass is 32.2. The van der Waals surface area contributed by atoms with E-state index >= 15 is 0 Å². The van der Waals surface area contributed by atoms with E-state index in [-0.39, 0.29) is 0 Å². The van der Waals surface area contributed by atoms with E-state index in [4.69, 9.17) is 0 Å². The van der Waals surface area contributed by atoms with Gasteiger partial charge in [0.25, 0.3) is 11.7 Å². The Labute approximate surface area is 110 Å². The standard InChI is InChI=1S/C13H14N2O2S/c1-15(9-4-5-18-7-9)8-2-3-10-11(6-8)14-13(17)12(10)16/h2-3,6,9H,4-5,7H2,1H3,(H,14,16,17). The first-order valence-electron chi connectivity index (χ1n) is 5.97. The SMILES string of the molecule is CN(c1ccc2c(c1)NC(=O)C2=O)C1CCSC1. The van der Waals surface area contributed by atoms with Crippen LogP contribution in [-0.4, -0.2) is 36.3 Å². The van der Waals surface area contributed by atoms with Crippen LogP contribution in [0.3, 0.4) is 0 Å². The summed E-state index contributed by atoms with van der Waals surface area (Å²) in [5.41, 5.74) is 2.18. The van der Waals surface area contributed by atoms with Gasteiger partial charge in [-0.15, -0.1) is 0 Å². The van der Waals surface area contributed by atoms with Gasteiger partial charge in [0.15, 0.2) is 0 Å². The van der Waals surface area contributed by atoms with Crippen LogP contribution in [0.4, 0.5) is 11.4 Å². The summed E-state index contributed by atoms with van der Waals surface area (Å²) in [7, 11) is 2.07. The molecule has 0 saturated carbocycles. The van der Waals surface area contributed by atoms with Crippen molar-refractivity contribution in [2.75, 3.05) is 28.8 Å². The smallest absolute Gasteiger partial charge is 0.296 e. The number of ketones is 1. The summed E-state index contributed by atoms with van der Waals surface area (Å²) in [4.78, 5) is 25.0. The fourth-order valence-electron chi connectivity index (χ4n) is 2.39. The third-order valence-corrected chi connectivity index (χ3v) is 4.71. The van der Waals surface area contributed by atoms with Crippen molar-refractivity contribution < 1.29 is 9.59 Å². The third-order valence-electron chi connectivity index (χ3n) is 3.56. The van der Waals surface area contributed by atoms with Crippen molar-refractivity contribution in [1.82, 2.24) is 0 Å². The molecule has 0 radical (unpaired) electrons. The van der Waals surface area contributed by atoms with E-state index in [2.05, 4.69) is 17.3 Å². The van der Waals surface area contributed by atoms with Crippen molar-refractivity contribution >= 4 is 34.8 Å². The minimum atomic E-state index is -0.527. The van der Waals surface area contributed by atoms with E-state index in [1.807, 2.05) is 23.9 Å². The lowest BCUT2D eigenvalue weighted by Crippen LogP contribution is -2.31. The molecular formula is C13H14N2O2S. The molecule has 18 heavy (non-hydrogen) atoms. The van der Waals surface area contributed by atoms with Crippen molar-refractivity contribution in [2.24, 2.45) is 0 Å². The van der Waals surface area contributed by atoms with Gasteiger partial charge in [0.05, 0.1) is 11.3 Å². The Morgan fingerprint density at radius 3 is 2.94 bits per heavy atom. The summed E-state index contributed by atoms with van der Waals surface area (Å²) in [6, 6.07) is 6.09. The minimum Gasteiger partial charge on any atom is -0.371 e. The van der Waals surface area contributed by atoms with Gasteiger partial charge in [-0.2, -0.15) is 11.8 Å². The van der Waals surface area contributed by atoms with Crippen LogP contribution in [0.2, 0.25) is 0 Å². The van der Waals surface area contributed by atoms with Gasteiger partial charge < -0.3 is 10.2 Å². The molecule has 1 unspecified atom stereocenters. The lowest BCUT2D eigenvalue weighted by molar-refractivity contribution is -0.112. The van der Waals surface area contributed by atoms with Crippen molar-refractivity contribution in [3.8, 4) is 0 Å². The fraction of sp³-hybridized carbons (Fsp3) is 0.385. The zero-order valence-corrected chi connectivity index (χ0v) is 10.9. The maximum atomic E-state index is 11.5. The predicted molar refractivity (Wildman–Crippen MR) is 73.5 cm³/mol. The molecule has 1 aromatic rings. The third kappa shape index (κ3) is 1.79. The molecule has 1 aromatic carbocycles. The highest BCUT2D eigenvalue weighted by Gasteiger charge is 2.29. The minimum absolute atomic E-state index is 0.435. The number of benzene rings is 1. The first-order chi connectivity index (χ1) is 8.66. The maximum Gasteiger partial charge on any atom is 0.296 e. The Morgan fingerprint density at radius 2 is 2.22 bits per heavy atom. The molecule has 94 valence electrons. The van der Waals surface area contributed by atoms with Gasteiger partial charge in [0.1, 0.15) is 0 Å². The van der Waals surface area contributed by atoms with Gasteiger partial charge in [-0.3, -0.25) is 9.59 Å². The van der Waals surface area contributed by atoms with Crippen LogP contribution in [0.1, 0.15) is 16.8 Å². The van der Waals surface area contributed by atoms with E-state index in [0.29, 0.717) is 17.3 Å². The first kappa shape index (κ1) is 11.6. The van der Waals surface area contributed by atoms with Crippen LogP contribution in [-0.2, 0) is 4.79 Å². The van der Waals surface area contributed by atoms with Crippen LogP contribution >= 0.6 is 11.8 Å². The zero-order valence-electron chi connectivity index (χ0n) is 10.1. The summed E-state index contributed by atoms with van der Waals surface area (Å²) in [5, 5.41) is 2.61. The van der Waals surface area contributed by atoms with E-state index in [1.165, 1.54) is 12.2 Å². The molecule has 0 aromatic heterocycles. The van der Waals surface area contributed by atoms with Crippen molar-refractivity contribution in [2.45, 2.75) is 12.5 Å². The second kappa shape index (κ2) is 4.31. The Hall–Kier alpha value is -1.49. The number of hydrogen-bond acceptors (Lipinski definition) is 4. The molecule has 5 heteroatoms. The molecule has 1 fully saturated rings. The Balaban J connectivity index is 1.89. The van der Waals surface area contributed by atoms with Crippen LogP contribution in [0.15, 0.2) is 18.2 Å². The van der Waals surface area contributed by atoms with Crippen molar-refractivity contribution in [3.05, 3.63) is 23.8 Å². The van der Waals surface area contributed by atoms with Gasteiger partial charge in [0, 0.05) is 24.5 Å². The quantitative estimate of drug-likeness (QED) is 0.825. The molecule has 2 aliphatic heterocycles. The number of rotatable bonds is 2. The molecule has 0 bridgehead atoms. The van der Waals surface area contributed by atoms with Crippen LogP contribution < -0.4 is 10.2 Å². The summed E-state index contributed by atoms with van der Waals surface area (Å²) in [6.07, 6.45) is 1.18. The van der Waals surface area contributed by atoms with Gasteiger partial charge in [-0.25, -0.2) is 0 Å². The zero-order chi connectivity index (χ0) is 12.7. The highest BCUT2D eigenvalue weighted by molar-refractivity contribution is 7.99. The number of amides is 1. The summed E-state index contributed by atoms with van der Waals surface area (Å²) in [5.74, 6) is 1.38. The lowest BCUT2D eigenvalue weighted by atomic mass is 10.1. The van der Waals surface area contributed by atoms with E-state index in [1.54, 1.807) is 6.07 Å². The number of carbonyl (C=O) groups excluding carboxylic acids is 2. The van der Waals surface area contributed by atoms with Crippen LogP contribution in [0.5, 0.6) is 0 Å². The van der Waals surface area contributed by atoms with Gasteiger partial charge in [-0.1, -0.05) is 0 Å². The number of Topliss-reactive ketones (excluding diaryl/α,β-unsaturated/α-hetero) is 1. The Kier molecular flexibility index (Phi) is 2.78. The van der Waals surface area contributed by atoms with Crippen molar-refractivity contribution in [1.29, 1.82) is 0 Å². The largest absolute Gasteiger partial charge is 0.371 e. The second-order valence-corrected chi connectivity index (χ2v) is 5.79. The maximum absolute atomic E-state index is 11.5. The molecule has 0 spiro atoms. The molecular weight excluding hydrogens is 248 g/mol. The summed E-state index contributed by atoms with van der Waals surface area (Å²) in [6.45, 7) is 0. The van der Waals surface area contributed by atoms with E-state index < -0.39 is 11.7 Å². The fourth-order valence-corrected chi connectivity index (χ4v) is 3.66. The molecule has 3 rings (SSSR count). The van der Waals surface area contributed by atoms with Gasteiger partial charge in [0.2, 0.25) is 0 Å². The number of hydrogen-bond donors (Lipinski definition) is 1. The molecule has 1 N–H and O–H groups in total. The van der Waals surface area contributed by atoms with Crippen LogP contribution in [0, 0.1) is 0 Å². The molecule has 4 nitrogen and oxygen atoms in total. The monoisotopic (exact) mass is 262 g/mol. The molecule has 1 atom stereocenters.